The third-order valence-corrected chi connectivity index (χ3v) is 11.1. The molecule has 8 rings (SSSR count). The van der Waals surface area contributed by atoms with Crippen molar-refractivity contribution in [1.29, 1.82) is 0 Å². The number of rotatable bonds is 12. The van der Waals surface area contributed by atoms with Crippen molar-refractivity contribution in [3.05, 3.63) is 186 Å². The van der Waals surface area contributed by atoms with Crippen LogP contribution in [0.25, 0.3) is 33.5 Å². The lowest BCUT2D eigenvalue weighted by atomic mass is 9.77. The topological polar surface area (TPSA) is 142 Å². The van der Waals surface area contributed by atoms with Crippen LogP contribution in [-0.2, 0) is 21.3 Å². The summed E-state index contributed by atoms with van der Waals surface area (Å²) in [6.45, 7) is 1.84. The molecule has 0 spiro atoms. The molecule has 0 bridgehead atoms. The quantitative estimate of drug-likeness (QED) is 0.125. The molecule has 2 heterocycles. The van der Waals surface area contributed by atoms with E-state index in [-0.39, 0.29) is 29.2 Å². The van der Waals surface area contributed by atoms with E-state index in [1.165, 1.54) is 12.1 Å². The number of carbonyl (C=O) groups is 1. The first-order valence-electron chi connectivity index (χ1n) is 17.6. The van der Waals surface area contributed by atoms with Gasteiger partial charge in [0.2, 0.25) is 10.0 Å². The third-order valence-electron chi connectivity index (χ3n) is 9.53. The average molecular weight is 747 g/mol. The third kappa shape index (κ3) is 6.21. The molecule has 0 aliphatic heterocycles. The minimum absolute atomic E-state index is 0.0423. The summed E-state index contributed by atoms with van der Waals surface area (Å²) < 4.78 is 36.4. The van der Waals surface area contributed by atoms with Crippen LogP contribution in [0, 0.1) is 0 Å². The number of imidazole rings is 1. The van der Waals surface area contributed by atoms with Crippen LogP contribution in [-0.4, -0.2) is 55.3 Å². The highest BCUT2D eigenvalue weighted by molar-refractivity contribution is 7.89. The number of fused-ring (bicyclic) bond motifs is 1. The lowest BCUT2D eigenvalue weighted by Crippen LogP contribution is -2.39. The molecule has 12 heteroatoms. The number of nitrogens with zero attached hydrogens (tertiary/aromatic N) is 6. The van der Waals surface area contributed by atoms with Gasteiger partial charge in [-0.3, -0.25) is 0 Å². The van der Waals surface area contributed by atoms with E-state index in [0.29, 0.717) is 11.4 Å². The zero-order valence-corrected chi connectivity index (χ0v) is 30.4. The maximum atomic E-state index is 14.0. The van der Waals surface area contributed by atoms with E-state index >= 15 is 0 Å². The van der Waals surface area contributed by atoms with Crippen molar-refractivity contribution < 1.29 is 23.1 Å². The molecule has 8 aromatic rings. The second-order valence-corrected chi connectivity index (χ2v) is 14.6. The first-order chi connectivity index (χ1) is 26.8. The molecule has 0 aliphatic rings. The van der Waals surface area contributed by atoms with E-state index < -0.39 is 27.3 Å². The van der Waals surface area contributed by atoms with Gasteiger partial charge in [-0.25, -0.2) is 17.9 Å². The lowest BCUT2D eigenvalue weighted by Gasteiger charge is -2.36. The van der Waals surface area contributed by atoms with E-state index in [4.69, 9.17) is 9.95 Å². The largest absolute Gasteiger partial charge is 0.478 e. The van der Waals surface area contributed by atoms with Crippen LogP contribution in [0.3, 0.4) is 0 Å². The number of hydrogen-bond donors (Lipinski definition) is 1. The van der Waals surface area contributed by atoms with Crippen LogP contribution in [0.15, 0.2) is 158 Å². The van der Waals surface area contributed by atoms with Crippen molar-refractivity contribution in [3.8, 4) is 28.5 Å². The summed E-state index contributed by atoms with van der Waals surface area (Å²) in [5.74, 6) is -1.17. The fourth-order valence-corrected chi connectivity index (χ4v) is 8.75. The van der Waals surface area contributed by atoms with Crippen molar-refractivity contribution in [2.75, 3.05) is 6.61 Å². The van der Waals surface area contributed by atoms with Crippen LogP contribution in [0.4, 0.5) is 0 Å². The Morgan fingerprint density at radius 1 is 0.709 bits per heavy atom. The molecule has 272 valence electrons. The second-order valence-electron chi connectivity index (χ2n) is 12.8. The maximum absolute atomic E-state index is 14.0. The van der Waals surface area contributed by atoms with E-state index in [1.807, 2.05) is 95.7 Å². The van der Waals surface area contributed by atoms with E-state index in [2.05, 4.69) is 51.7 Å². The Labute approximate surface area is 317 Å². The number of carboxylic acid groups (broad SMARTS) is 1. The predicted octanol–water partition coefficient (Wildman–Crippen LogP) is 7.67. The van der Waals surface area contributed by atoms with Gasteiger partial charge in [0, 0.05) is 5.56 Å². The van der Waals surface area contributed by atoms with Crippen molar-refractivity contribution >= 4 is 27.0 Å². The SMILES string of the molecule is CCOc1nc2cccc(C(=O)O)c2n1S(=O)(=O)Cc1ccc(-c2ccccc2-c2nnnn2C(c2ccccc2)(c2ccccc2)c2ccccc2)cc1. The van der Waals surface area contributed by atoms with Gasteiger partial charge in [-0.15, -0.1) is 5.10 Å². The number of aromatic nitrogens is 6. The Hall–Kier alpha value is -6.92. The number of tetrazole rings is 1. The lowest BCUT2D eigenvalue weighted by molar-refractivity contribution is 0.0698. The summed E-state index contributed by atoms with van der Waals surface area (Å²) in [5.41, 5.74) is 4.83. The number of aromatic carboxylic acids is 1. The molecule has 55 heavy (non-hydrogen) atoms. The zero-order valence-electron chi connectivity index (χ0n) is 29.6. The molecular weight excluding hydrogens is 713 g/mol. The highest BCUT2D eigenvalue weighted by atomic mass is 32.2. The van der Waals surface area contributed by atoms with Gasteiger partial charge in [0.05, 0.1) is 23.4 Å². The Bertz CT molecular complexity index is 2640. The summed E-state index contributed by atoms with van der Waals surface area (Å²) >= 11 is 0. The predicted molar refractivity (Wildman–Crippen MR) is 209 cm³/mol. The zero-order chi connectivity index (χ0) is 38.0. The first kappa shape index (κ1) is 35.1. The van der Waals surface area contributed by atoms with Gasteiger partial charge in [-0.2, -0.15) is 8.96 Å². The summed E-state index contributed by atoms with van der Waals surface area (Å²) in [6, 6.07) is 49.7. The number of ether oxygens (including phenoxy) is 1. The fraction of sp³-hybridized carbons (Fsp3) is 0.0930. The van der Waals surface area contributed by atoms with Crippen LogP contribution in [0.2, 0.25) is 0 Å². The molecule has 0 amide bonds. The Kier molecular flexibility index (Phi) is 9.25. The van der Waals surface area contributed by atoms with Crippen molar-refractivity contribution in [3.63, 3.8) is 0 Å². The number of benzene rings is 6. The second kappa shape index (κ2) is 14.5. The molecule has 0 unspecified atom stereocenters. The molecular formula is C43H34N6O5S. The fourth-order valence-electron chi connectivity index (χ4n) is 7.20. The first-order valence-corrected chi connectivity index (χ1v) is 19.2. The van der Waals surface area contributed by atoms with Crippen LogP contribution < -0.4 is 4.74 Å². The van der Waals surface area contributed by atoms with Crippen LogP contribution in [0.5, 0.6) is 6.01 Å². The monoisotopic (exact) mass is 746 g/mol. The minimum Gasteiger partial charge on any atom is -0.478 e. The van der Waals surface area contributed by atoms with Crippen molar-refractivity contribution in [2.24, 2.45) is 0 Å². The summed E-state index contributed by atoms with van der Waals surface area (Å²) in [4.78, 5) is 16.4. The van der Waals surface area contributed by atoms with Crippen LogP contribution in [0.1, 0.15) is 39.5 Å². The molecule has 0 radical (unpaired) electrons. The molecule has 0 saturated heterocycles. The number of para-hydroxylation sites is 1. The highest BCUT2D eigenvalue weighted by Crippen LogP contribution is 2.43. The van der Waals surface area contributed by atoms with Gasteiger partial charge in [0.15, 0.2) is 5.82 Å². The molecule has 0 aliphatic carbocycles. The molecule has 2 aromatic heterocycles. The smallest absolute Gasteiger partial charge is 0.337 e. The van der Waals surface area contributed by atoms with Gasteiger partial charge in [0.25, 0.3) is 0 Å². The standard InChI is InChI=1S/C43H34N6O5S/c1-2-54-42-44-38-24-14-23-37(41(50)51)39(38)48(42)55(52,53)29-30-25-27-31(28-26-30)35-21-12-13-22-36(35)40-45-46-47-49(40)43(32-15-6-3-7-16-32,33-17-8-4-9-18-33)34-19-10-5-11-20-34/h3-28H,2,29H2,1H3,(H,50,51). The number of carboxylic acids is 1. The molecule has 0 fully saturated rings. The molecule has 0 saturated carbocycles. The normalized spacial score (nSPS) is 11.8. The van der Waals surface area contributed by atoms with Crippen molar-refractivity contribution in [1.82, 2.24) is 29.2 Å². The van der Waals surface area contributed by atoms with E-state index in [9.17, 15) is 18.3 Å². The summed E-state index contributed by atoms with van der Waals surface area (Å²) in [7, 11) is -4.19. The van der Waals surface area contributed by atoms with Crippen molar-refractivity contribution in [2.45, 2.75) is 18.2 Å². The van der Waals surface area contributed by atoms with Crippen LogP contribution >= 0.6 is 0 Å². The summed E-state index contributed by atoms with van der Waals surface area (Å²) in [6.07, 6.45) is 0. The molecule has 1 N–H and O–H groups in total. The summed E-state index contributed by atoms with van der Waals surface area (Å²) in [5, 5.41) is 23.5. The molecule has 11 nitrogen and oxygen atoms in total. The van der Waals surface area contributed by atoms with E-state index in [1.54, 1.807) is 25.1 Å². The van der Waals surface area contributed by atoms with Gasteiger partial charge in [0.1, 0.15) is 11.1 Å². The Morgan fingerprint density at radius 3 is 1.84 bits per heavy atom. The van der Waals surface area contributed by atoms with Gasteiger partial charge < -0.3 is 9.84 Å². The Morgan fingerprint density at radius 2 is 1.27 bits per heavy atom. The highest BCUT2D eigenvalue weighted by Gasteiger charge is 2.42. The minimum atomic E-state index is -4.19. The Balaban J connectivity index is 1.22. The molecule has 6 aromatic carbocycles. The maximum Gasteiger partial charge on any atom is 0.337 e. The van der Waals surface area contributed by atoms with Gasteiger partial charge in [-0.1, -0.05) is 146 Å². The van der Waals surface area contributed by atoms with Gasteiger partial charge in [-0.05, 0) is 62.9 Å². The van der Waals surface area contributed by atoms with Gasteiger partial charge >= 0.3 is 12.0 Å². The number of hydrogen-bond acceptors (Lipinski definition) is 8. The van der Waals surface area contributed by atoms with E-state index in [0.717, 1.165) is 37.4 Å². The molecule has 0 atom stereocenters. The average Bonchev–Trinajstić information content (AvgIpc) is 3.86.